The van der Waals surface area contributed by atoms with Gasteiger partial charge in [0.05, 0.1) is 14.2 Å². The third-order valence-electron chi connectivity index (χ3n) is 1.73. The van der Waals surface area contributed by atoms with Crippen molar-refractivity contribution in [2.45, 2.75) is 19.6 Å². The highest BCUT2D eigenvalue weighted by molar-refractivity contribution is 6.83. The molecule has 0 aliphatic rings. The fourth-order valence-electron chi connectivity index (χ4n) is 1.02. The molecule has 0 aliphatic heterocycles. The van der Waals surface area contributed by atoms with Gasteiger partial charge in [-0.2, -0.15) is 0 Å². The van der Waals surface area contributed by atoms with Crippen LogP contribution in [0.5, 0.6) is 11.8 Å². The molecule has 1 rings (SSSR count). The normalized spacial score (nSPS) is 10.3. The smallest absolute Gasteiger partial charge is 0.236 e. The molecule has 1 heterocycles. The molecule has 16 heavy (non-hydrogen) atoms. The van der Waals surface area contributed by atoms with E-state index >= 15 is 0 Å². The highest BCUT2D eigenvalue weighted by Gasteiger charge is 2.12. The Morgan fingerprint density at radius 3 is 1.94 bits per heavy atom. The van der Waals surface area contributed by atoms with Crippen molar-refractivity contribution in [2.75, 3.05) is 14.2 Å². The molecule has 0 unspecified atom stereocenters. The number of hydrogen-bond acceptors (Lipinski definition) is 4. The summed E-state index contributed by atoms with van der Waals surface area (Å²) in [6, 6.07) is 0. The van der Waals surface area contributed by atoms with E-state index in [1.807, 2.05) is 0 Å². The fourth-order valence-corrected chi connectivity index (χ4v) is 1.52. The van der Waals surface area contributed by atoms with E-state index in [1.165, 1.54) is 6.33 Å². The van der Waals surface area contributed by atoms with E-state index in [9.17, 15) is 0 Å². The van der Waals surface area contributed by atoms with E-state index in [4.69, 9.17) is 9.47 Å². The van der Waals surface area contributed by atoms with Gasteiger partial charge in [-0.25, -0.2) is 9.97 Å². The van der Waals surface area contributed by atoms with Gasteiger partial charge in [0.25, 0.3) is 0 Å². The van der Waals surface area contributed by atoms with Crippen LogP contribution in [-0.4, -0.2) is 32.3 Å². The molecule has 0 aliphatic carbocycles. The van der Waals surface area contributed by atoms with E-state index in [2.05, 4.69) is 41.1 Å². The van der Waals surface area contributed by atoms with Gasteiger partial charge >= 0.3 is 0 Å². The molecule has 4 nitrogen and oxygen atoms in total. The Morgan fingerprint density at radius 1 is 1.06 bits per heavy atom. The van der Waals surface area contributed by atoms with Crippen LogP contribution in [0.4, 0.5) is 0 Å². The monoisotopic (exact) mass is 236 g/mol. The summed E-state index contributed by atoms with van der Waals surface area (Å²) >= 11 is 0. The SMILES string of the molecule is COc1ncnc(OC)c1C#C[Si](C)(C)C. The first-order valence-electron chi connectivity index (χ1n) is 4.94. The minimum atomic E-state index is -1.44. The van der Waals surface area contributed by atoms with Crippen molar-refractivity contribution >= 4 is 8.07 Å². The summed E-state index contributed by atoms with van der Waals surface area (Å²) in [6.45, 7) is 6.51. The first-order chi connectivity index (χ1) is 7.48. The lowest BCUT2D eigenvalue weighted by molar-refractivity contribution is 0.369. The van der Waals surface area contributed by atoms with Crippen molar-refractivity contribution in [3.05, 3.63) is 11.9 Å². The summed E-state index contributed by atoms with van der Waals surface area (Å²) in [6.07, 6.45) is 1.40. The zero-order chi connectivity index (χ0) is 12.2. The van der Waals surface area contributed by atoms with Gasteiger partial charge in [-0.1, -0.05) is 25.6 Å². The third kappa shape index (κ3) is 3.24. The summed E-state index contributed by atoms with van der Waals surface area (Å²) in [4.78, 5) is 8.01. The molecule has 0 amide bonds. The molecule has 0 fully saturated rings. The van der Waals surface area contributed by atoms with Gasteiger partial charge in [-0.05, 0) is 0 Å². The molecule has 0 atom stereocenters. The molecule has 0 N–H and O–H groups in total. The number of rotatable bonds is 2. The summed E-state index contributed by atoms with van der Waals surface area (Å²) in [5.41, 5.74) is 3.86. The number of hydrogen-bond donors (Lipinski definition) is 0. The highest BCUT2D eigenvalue weighted by Crippen LogP contribution is 2.21. The molecule has 0 saturated heterocycles. The van der Waals surface area contributed by atoms with Crippen molar-refractivity contribution in [3.8, 4) is 23.2 Å². The number of nitrogens with zero attached hydrogens (tertiary/aromatic N) is 2. The van der Waals surface area contributed by atoms with Gasteiger partial charge in [0.15, 0.2) is 0 Å². The predicted octanol–water partition coefficient (Wildman–Crippen LogP) is 1.72. The van der Waals surface area contributed by atoms with Crippen LogP contribution in [0.15, 0.2) is 6.33 Å². The molecular formula is C11H16N2O2Si. The lowest BCUT2D eigenvalue weighted by Crippen LogP contribution is -2.16. The van der Waals surface area contributed by atoms with Crippen molar-refractivity contribution in [1.82, 2.24) is 9.97 Å². The Kier molecular flexibility index (Phi) is 3.91. The first-order valence-corrected chi connectivity index (χ1v) is 8.44. The van der Waals surface area contributed by atoms with Gasteiger partial charge < -0.3 is 9.47 Å². The Bertz CT molecular complexity index is 408. The summed E-state index contributed by atoms with van der Waals surface area (Å²) in [7, 11) is 1.67. The van der Waals surface area contributed by atoms with E-state index in [1.54, 1.807) is 14.2 Å². The van der Waals surface area contributed by atoms with Crippen molar-refractivity contribution < 1.29 is 9.47 Å². The molecule has 0 bridgehead atoms. The zero-order valence-electron chi connectivity index (χ0n) is 10.3. The van der Waals surface area contributed by atoms with Gasteiger partial charge in [0.1, 0.15) is 20.0 Å². The van der Waals surface area contributed by atoms with Crippen molar-refractivity contribution in [2.24, 2.45) is 0 Å². The zero-order valence-corrected chi connectivity index (χ0v) is 11.3. The van der Waals surface area contributed by atoms with Crippen LogP contribution in [0.3, 0.4) is 0 Å². The molecule has 86 valence electrons. The molecule has 1 aromatic heterocycles. The Morgan fingerprint density at radius 2 is 1.56 bits per heavy atom. The molecule has 0 radical (unpaired) electrons. The second kappa shape index (κ2) is 4.99. The van der Waals surface area contributed by atoms with Crippen LogP contribution in [0.2, 0.25) is 19.6 Å². The van der Waals surface area contributed by atoms with E-state index in [0.717, 1.165) is 0 Å². The highest BCUT2D eigenvalue weighted by atomic mass is 28.3. The van der Waals surface area contributed by atoms with Crippen LogP contribution in [0.25, 0.3) is 0 Å². The quantitative estimate of drug-likeness (QED) is 0.579. The largest absolute Gasteiger partial charge is 0.480 e. The second-order valence-corrected chi connectivity index (χ2v) is 9.02. The van der Waals surface area contributed by atoms with Gasteiger partial charge in [0, 0.05) is 0 Å². The lowest BCUT2D eigenvalue weighted by atomic mass is 10.3. The lowest BCUT2D eigenvalue weighted by Gasteiger charge is -2.07. The van der Waals surface area contributed by atoms with Gasteiger partial charge in [0.2, 0.25) is 11.8 Å². The average molecular weight is 236 g/mol. The molecule has 5 heteroatoms. The van der Waals surface area contributed by atoms with Gasteiger partial charge in [-0.15, -0.1) is 5.54 Å². The first kappa shape index (κ1) is 12.5. The maximum atomic E-state index is 5.13. The molecule has 0 aromatic carbocycles. The minimum absolute atomic E-state index is 0.456. The number of methoxy groups -OCH3 is 2. The van der Waals surface area contributed by atoms with Crippen LogP contribution in [-0.2, 0) is 0 Å². The Balaban J connectivity index is 3.23. The van der Waals surface area contributed by atoms with E-state index in [0.29, 0.717) is 17.3 Å². The van der Waals surface area contributed by atoms with E-state index < -0.39 is 8.07 Å². The predicted molar refractivity (Wildman–Crippen MR) is 65.4 cm³/mol. The van der Waals surface area contributed by atoms with E-state index in [-0.39, 0.29) is 0 Å². The Hall–Kier alpha value is -1.54. The third-order valence-corrected chi connectivity index (χ3v) is 2.60. The summed E-state index contributed by atoms with van der Waals surface area (Å²) in [5.74, 6) is 3.97. The number of aromatic nitrogens is 2. The Labute approximate surface area is 97.0 Å². The minimum Gasteiger partial charge on any atom is -0.480 e. The maximum Gasteiger partial charge on any atom is 0.236 e. The van der Waals surface area contributed by atoms with Gasteiger partial charge in [-0.3, -0.25) is 0 Å². The molecule has 0 spiro atoms. The topological polar surface area (TPSA) is 44.2 Å². The van der Waals surface area contributed by atoms with Crippen LogP contribution in [0, 0.1) is 11.5 Å². The standard InChI is InChI=1S/C11H16N2O2Si/c1-14-10-9(6-7-16(3,4)5)11(15-2)13-8-12-10/h8H,1-5H3. The van der Waals surface area contributed by atoms with Crippen LogP contribution in [0.1, 0.15) is 5.56 Å². The molecule has 1 aromatic rings. The average Bonchev–Trinajstić information content (AvgIpc) is 2.24. The van der Waals surface area contributed by atoms with Crippen molar-refractivity contribution in [3.63, 3.8) is 0 Å². The molecular weight excluding hydrogens is 220 g/mol. The van der Waals surface area contributed by atoms with Crippen molar-refractivity contribution in [1.29, 1.82) is 0 Å². The molecule has 0 saturated carbocycles. The number of ether oxygens (including phenoxy) is 2. The van der Waals surface area contributed by atoms with Crippen LogP contribution < -0.4 is 9.47 Å². The van der Waals surface area contributed by atoms with Crippen LogP contribution >= 0.6 is 0 Å². The fraction of sp³-hybridized carbons (Fsp3) is 0.455. The maximum absolute atomic E-state index is 5.13. The second-order valence-electron chi connectivity index (χ2n) is 4.27. The summed E-state index contributed by atoms with van der Waals surface area (Å²) in [5, 5.41) is 0. The summed E-state index contributed by atoms with van der Waals surface area (Å²) < 4.78 is 10.3.